The number of thioether (sulfide) groups is 1. The minimum absolute atomic E-state index is 0.651. The molecule has 3 heteroatoms. The van der Waals surface area contributed by atoms with Crippen LogP contribution in [0.2, 0.25) is 0 Å². The Bertz CT molecular complexity index is 139. The molecule has 0 aromatic rings. The third-order valence-electron chi connectivity index (χ3n) is 0.749. The van der Waals surface area contributed by atoms with Gasteiger partial charge in [-0.3, -0.25) is 0 Å². The molecule has 1 unspecified atom stereocenters. The summed E-state index contributed by atoms with van der Waals surface area (Å²) in [5, 5.41) is 2.12. The second-order valence-corrected chi connectivity index (χ2v) is 5.68. The third-order valence-corrected chi connectivity index (χ3v) is 5.70. The lowest BCUT2D eigenvalue weighted by molar-refractivity contribution is 1.67. The SMILES string of the molecule is IC1=CC=CSC1I. The van der Waals surface area contributed by atoms with Crippen LogP contribution >= 0.6 is 56.9 Å². The van der Waals surface area contributed by atoms with Crippen LogP contribution in [-0.2, 0) is 0 Å². The van der Waals surface area contributed by atoms with Gasteiger partial charge in [0.25, 0.3) is 0 Å². The lowest BCUT2D eigenvalue weighted by atomic mass is 10.5. The number of rotatable bonds is 0. The molecule has 44 valence electrons. The molecule has 1 heterocycles. The molecule has 0 aromatic heterocycles. The second kappa shape index (κ2) is 3.46. The van der Waals surface area contributed by atoms with Crippen LogP contribution < -0.4 is 0 Å². The molecule has 0 N–H and O–H groups in total. The summed E-state index contributed by atoms with van der Waals surface area (Å²) in [6.45, 7) is 0. The van der Waals surface area contributed by atoms with Crippen LogP contribution in [0.5, 0.6) is 0 Å². The first-order chi connectivity index (χ1) is 3.80. The van der Waals surface area contributed by atoms with Gasteiger partial charge in [-0.15, -0.1) is 11.8 Å². The molecule has 0 radical (unpaired) electrons. The Kier molecular flexibility index (Phi) is 3.20. The molecule has 0 amide bonds. The van der Waals surface area contributed by atoms with E-state index in [2.05, 4.69) is 62.7 Å². The van der Waals surface area contributed by atoms with Crippen LogP contribution in [0.15, 0.2) is 21.1 Å². The highest BCUT2D eigenvalue weighted by atomic mass is 127. The first-order valence-electron chi connectivity index (χ1n) is 2.12. The normalized spacial score (nSPS) is 27.8. The van der Waals surface area contributed by atoms with Crippen molar-refractivity contribution in [3.63, 3.8) is 0 Å². The quantitative estimate of drug-likeness (QED) is 0.477. The van der Waals surface area contributed by atoms with Crippen molar-refractivity contribution in [2.75, 3.05) is 0 Å². The molecule has 1 rings (SSSR count). The maximum Gasteiger partial charge on any atom is 0.0910 e. The fourth-order valence-corrected chi connectivity index (χ4v) is 2.27. The van der Waals surface area contributed by atoms with E-state index in [0.717, 1.165) is 0 Å². The fraction of sp³-hybridized carbons (Fsp3) is 0.200. The molecule has 1 aliphatic heterocycles. The van der Waals surface area contributed by atoms with Crippen LogP contribution in [0.4, 0.5) is 0 Å². The molecule has 0 fully saturated rings. The summed E-state index contributed by atoms with van der Waals surface area (Å²) < 4.78 is 2.08. The van der Waals surface area contributed by atoms with Gasteiger partial charge in [-0.2, -0.15) is 0 Å². The van der Waals surface area contributed by atoms with Crippen molar-refractivity contribution in [1.82, 2.24) is 0 Å². The molecule has 1 atom stereocenters. The predicted octanol–water partition coefficient (Wildman–Crippen LogP) is 3.33. The summed E-state index contributed by atoms with van der Waals surface area (Å²) in [6, 6.07) is 0. The number of allylic oxidation sites excluding steroid dienone is 2. The zero-order chi connectivity index (χ0) is 5.98. The Balaban J connectivity index is 2.66. The molecule has 0 aromatic carbocycles. The Hall–Kier alpha value is 1.29. The summed E-state index contributed by atoms with van der Waals surface area (Å²) in [4.78, 5) is 0. The van der Waals surface area contributed by atoms with Gasteiger partial charge >= 0.3 is 0 Å². The lowest BCUT2D eigenvalue weighted by Gasteiger charge is -2.07. The van der Waals surface area contributed by atoms with E-state index >= 15 is 0 Å². The summed E-state index contributed by atoms with van der Waals surface area (Å²) in [7, 11) is 0. The van der Waals surface area contributed by atoms with E-state index in [1.807, 2.05) is 11.8 Å². The summed E-state index contributed by atoms with van der Waals surface area (Å²) >= 11 is 6.64. The molecular formula is C5H4I2S. The van der Waals surface area contributed by atoms with Crippen LogP contribution in [0.25, 0.3) is 0 Å². The Morgan fingerprint density at radius 2 is 2.38 bits per heavy atom. The van der Waals surface area contributed by atoms with Crippen LogP contribution in [0, 0.1) is 0 Å². The van der Waals surface area contributed by atoms with Gasteiger partial charge in [-0.25, -0.2) is 0 Å². The number of alkyl halides is 1. The van der Waals surface area contributed by atoms with Crippen molar-refractivity contribution in [3.05, 3.63) is 21.1 Å². The maximum absolute atomic E-state index is 2.42. The van der Waals surface area contributed by atoms with E-state index in [0.29, 0.717) is 3.26 Å². The largest absolute Gasteiger partial charge is 0.115 e. The fourth-order valence-electron chi connectivity index (χ4n) is 0.386. The van der Waals surface area contributed by atoms with Gasteiger partial charge in [-0.1, -0.05) is 34.7 Å². The minimum Gasteiger partial charge on any atom is -0.115 e. The van der Waals surface area contributed by atoms with Gasteiger partial charge < -0.3 is 0 Å². The Morgan fingerprint density at radius 3 is 2.75 bits per heavy atom. The zero-order valence-electron chi connectivity index (χ0n) is 3.97. The minimum atomic E-state index is 0.651. The molecule has 8 heavy (non-hydrogen) atoms. The van der Waals surface area contributed by atoms with Crippen molar-refractivity contribution in [3.8, 4) is 0 Å². The van der Waals surface area contributed by atoms with Crippen molar-refractivity contribution >= 4 is 56.9 Å². The van der Waals surface area contributed by atoms with Gasteiger partial charge in [0.1, 0.15) is 0 Å². The van der Waals surface area contributed by atoms with Gasteiger partial charge in [0.05, 0.1) is 3.26 Å². The van der Waals surface area contributed by atoms with Crippen molar-refractivity contribution in [1.29, 1.82) is 0 Å². The average molecular weight is 350 g/mol. The first kappa shape index (κ1) is 7.40. The zero-order valence-corrected chi connectivity index (χ0v) is 9.11. The average Bonchev–Trinajstić information content (AvgIpc) is 1.77. The monoisotopic (exact) mass is 350 g/mol. The van der Waals surface area contributed by atoms with E-state index in [9.17, 15) is 0 Å². The molecule has 0 saturated carbocycles. The van der Waals surface area contributed by atoms with Gasteiger partial charge in [-0.05, 0) is 28.0 Å². The van der Waals surface area contributed by atoms with E-state index in [1.54, 1.807) is 0 Å². The predicted molar refractivity (Wildman–Crippen MR) is 56.6 cm³/mol. The molecule has 0 spiro atoms. The van der Waals surface area contributed by atoms with Crippen LogP contribution in [-0.4, -0.2) is 3.26 Å². The summed E-state index contributed by atoms with van der Waals surface area (Å²) in [5.41, 5.74) is 0. The molecule has 1 aliphatic rings. The Labute approximate surface area is 80.5 Å². The van der Waals surface area contributed by atoms with E-state index in [4.69, 9.17) is 0 Å². The standard InChI is InChI=1S/C5H4I2S/c6-4-2-1-3-8-5(4)7/h1-3,5H. The van der Waals surface area contributed by atoms with E-state index < -0.39 is 0 Å². The van der Waals surface area contributed by atoms with E-state index in [1.165, 1.54) is 3.58 Å². The lowest BCUT2D eigenvalue weighted by Crippen LogP contribution is -1.89. The summed E-state index contributed by atoms with van der Waals surface area (Å²) in [6.07, 6.45) is 4.23. The van der Waals surface area contributed by atoms with Gasteiger partial charge in [0.15, 0.2) is 0 Å². The summed E-state index contributed by atoms with van der Waals surface area (Å²) in [5.74, 6) is 0. The molecule has 0 aliphatic carbocycles. The number of hydrogen-bond acceptors (Lipinski definition) is 1. The highest BCUT2D eigenvalue weighted by Crippen LogP contribution is 2.33. The number of hydrogen-bond donors (Lipinski definition) is 0. The Morgan fingerprint density at radius 1 is 1.62 bits per heavy atom. The highest BCUT2D eigenvalue weighted by molar-refractivity contribution is 14.1. The van der Waals surface area contributed by atoms with Crippen LogP contribution in [0.3, 0.4) is 0 Å². The van der Waals surface area contributed by atoms with Gasteiger partial charge in [0, 0.05) is 3.58 Å². The molecule has 0 bridgehead atoms. The number of halogens is 2. The smallest absolute Gasteiger partial charge is 0.0910 e. The molecule has 0 saturated heterocycles. The second-order valence-electron chi connectivity index (χ2n) is 1.33. The molecular weight excluding hydrogens is 346 g/mol. The highest BCUT2D eigenvalue weighted by Gasteiger charge is 2.06. The van der Waals surface area contributed by atoms with Crippen molar-refractivity contribution in [2.45, 2.75) is 3.26 Å². The van der Waals surface area contributed by atoms with E-state index in [-0.39, 0.29) is 0 Å². The third kappa shape index (κ3) is 1.91. The topological polar surface area (TPSA) is 0 Å². The van der Waals surface area contributed by atoms with Crippen molar-refractivity contribution in [2.24, 2.45) is 0 Å². The maximum atomic E-state index is 2.42. The van der Waals surface area contributed by atoms with Gasteiger partial charge in [0.2, 0.25) is 0 Å². The molecule has 0 nitrogen and oxygen atoms in total. The van der Waals surface area contributed by atoms with Crippen LogP contribution in [0.1, 0.15) is 0 Å². The first-order valence-corrected chi connectivity index (χ1v) is 5.39. The van der Waals surface area contributed by atoms with Crippen molar-refractivity contribution < 1.29 is 0 Å².